The van der Waals surface area contributed by atoms with Crippen LogP contribution in [0.4, 0.5) is 5.69 Å². The molecule has 0 saturated carbocycles. The molecule has 0 bridgehead atoms. The van der Waals surface area contributed by atoms with Crippen LogP contribution in [0.5, 0.6) is 0 Å². The summed E-state index contributed by atoms with van der Waals surface area (Å²) in [6.07, 6.45) is 3.19. The molecule has 0 fully saturated rings. The van der Waals surface area contributed by atoms with Gasteiger partial charge in [-0.15, -0.1) is 0 Å². The van der Waals surface area contributed by atoms with Gasteiger partial charge in [-0.05, 0) is 42.0 Å². The number of benzene rings is 2. The molecule has 0 aliphatic carbocycles. The van der Waals surface area contributed by atoms with Crippen molar-refractivity contribution >= 4 is 34.9 Å². The summed E-state index contributed by atoms with van der Waals surface area (Å²) in [6.45, 7) is 0.140. The molecule has 3 aromatic rings. The van der Waals surface area contributed by atoms with Crippen LogP contribution >= 0.6 is 0 Å². The topological polar surface area (TPSA) is 88.2 Å². The second kappa shape index (κ2) is 8.15. The first-order chi connectivity index (χ1) is 12.9. The molecule has 136 valence electrons. The zero-order valence-electron chi connectivity index (χ0n) is 14.7. The number of hydrogen-bond donors (Lipinski definition) is 2. The maximum Gasteiger partial charge on any atom is 0.255 e. The molecule has 0 radical (unpaired) electrons. The van der Waals surface area contributed by atoms with Crippen molar-refractivity contribution in [2.24, 2.45) is 0 Å². The highest BCUT2D eigenvalue weighted by molar-refractivity contribution is 7.89. The molecular formula is C19H18BN3O3S. The van der Waals surface area contributed by atoms with Crippen LogP contribution in [0, 0.1) is 0 Å². The lowest BCUT2D eigenvalue weighted by atomic mass is 9.97. The van der Waals surface area contributed by atoms with Crippen LogP contribution in [0.3, 0.4) is 0 Å². The molecule has 0 aliphatic heterocycles. The number of rotatable bonds is 6. The fourth-order valence-electron chi connectivity index (χ4n) is 2.46. The van der Waals surface area contributed by atoms with E-state index in [2.05, 4.69) is 15.0 Å². The summed E-state index contributed by atoms with van der Waals surface area (Å²) in [5.41, 5.74) is 2.72. The molecule has 27 heavy (non-hydrogen) atoms. The van der Waals surface area contributed by atoms with Gasteiger partial charge in [0.05, 0.1) is 16.8 Å². The highest BCUT2D eigenvalue weighted by atomic mass is 32.2. The van der Waals surface area contributed by atoms with Gasteiger partial charge in [0.1, 0.15) is 7.85 Å². The average Bonchev–Trinajstić information content (AvgIpc) is 2.68. The summed E-state index contributed by atoms with van der Waals surface area (Å²) in [5.74, 6) is -0.255. The maximum absolute atomic E-state index is 12.4. The van der Waals surface area contributed by atoms with Gasteiger partial charge < -0.3 is 5.32 Å². The Hall–Kier alpha value is -2.97. The van der Waals surface area contributed by atoms with Crippen LogP contribution in [-0.4, -0.2) is 27.2 Å². The van der Waals surface area contributed by atoms with E-state index in [1.54, 1.807) is 67.0 Å². The minimum Gasteiger partial charge on any atom is -0.321 e. The van der Waals surface area contributed by atoms with Crippen molar-refractivity contribution in [2.45, 2.75) is 11.4 Å². The fourth-order valence-corrected chi connectivity index (χ4v) is 3.58. The molecule has 1 amide bonds. The lowest BCUT2D eigenvalue weighted by molar-refractivity contribution is 0.102. The summed E-state index contributed by atoms with van der Waals surface area (Å²) in [6, 6.07) is 17.0. The molecule has 8 heteroatoms. The maximum atomic E-state index is 12.4. The monoisotopic (exact) mass is 379 g/mol. The van der Waals surface area contributed by atoms with E-state index in [0.717, 1.165) is 11.0 Å². The second-order valence-electron chi connectivity index (χ2n) is 6.03. The predicted molar refractivity (Wildman–Crippen MR) is 107 cm³/mol. The second-order valence-corrected chi connectivity index (χ2v) is 7.80. The average molecular weight is 379 g/mol. The number of carbonyl (C=O) groups is 1. The number of nitrogens with one attached hydrogen (secondary N) is 2. The van der Waals surface area contributed by atoms with Crippen molar-refractivity contribution < 1.29 is 13.2 Å². The van der Waals surface area contributed by atoms with Crippen LogP contribution in [0.15, 0.2) is 78.0 Å². The normalized spacial score (nSPS) is 11.1. The van der Waals surface area contributed by atoms with Gasteiger partial charge in [-0.2, -0.15) is 0 Å². The Kier molecular flexibility index (Phi) is 5.68. The Balaban J connectivity index is 1.63. The van der Waals surface area contributed by atoms with Gasteiger partial charge in [-0.25, -0.2) is 13.1 Å². The number of aromatic nitrogens is 1. The summed E-state index contributed by atoms with van der Waals surface area (Å²) < 4.78 is 27.3. The molecule has 0 spiro atoms. The molecular weight excluding hydrogens is 361 g/mol. The van der Waals surface area contributed by atoms with Crippen molar-refractivity contribution in [1.82, 2.24) is 9.71 Å². The number of sulfonamides is 1. The van der Waals surface area contributed by atoms with Crippen molar-refractivity contribution in [2.75, 3.05) is 5.32 Å². The first-order valence-electron chi connectivity index (χ1n) is 8.31. The lowest BCUT2D eigenvalue weighted by Gasteiger charge is -2.09. The first-order valence-corrected chi connectivity index (χ1v) is 9.79. The summed E-state index contributed by atoms with van der Waals surface area (Å²) in [4.78, 5) is 16.4. The lowest BCUT2D eigenvalue weighted by Crippen LogP contribution is -2.24. The van der Waals surface area contributed by atoms with Gasteiger partial charge in [-0.3, -0.25) is 9.78 Å². The molecule has 0 atom stereocenters. The number of hydrogen-bond acceptors (Lipinski definition) is 4. The molecule has 6 nitrogen and oxygen atoms in total. The predicted octanol–water partition coefficient (Wildman–Crippen LogP) is 1.07. The summed E-state index contributed by atoms with van der Waals surface area (Å²) in [5, 5.41) is 2.75. The van der Waals surface area contributed by atoms with Gasteiger partial charge >= 0.3 is 0 Å². The van der Waals surface area contributed by atoms with Gasteiger partial charge in [0.25, 0.3) is 5.91 Å². The van der Waals surface area contributed by atoms with Crippen LogP contribution in [0.1, 0.15) is 15.9 Å². The van der Waals surface area contributed by atoms with Crippen LogP contribution < -0.4 is 15.5 Å². The van der Waals surface area contributed by atoms with E-state index < -0.39 is 10.0 Å². The molecule has 0 unspecified atom stereocenters. The molecule has 3 rings (SSSR count). The molecule has 2 aromatic carbocycles. The Labute approximate surface area is 159 Å². The fraction of sp³-hybridized carbons (Fsp3) is 0.0526. The van der Waals surface area contributed by atoms with E-state index in [-0.39, 0.29) is 17.3 Å². The van der Waals surface area contributed by atoms with Crippen molar-refractivity contribution in [1.29, 1.82) is 0 Å². The van der Waals surface area contributed by atoms with E-state index >= 15 is 0 Å². The quantitative estimate of drug-likeness (QED) is 0.628. The summed E-state index contributed by atoms with van der Waals surface area (Å²) in [7, 11) is -1.74. The van der Waals surface area contributed by atoms with Gasteiger partial charge in [-0.1, -0.05) is 29.7 Å². The molecule has 0 aliphatic rings. The minimum absolute atomic E-state index is 0.140. The van der Waals surface area contributed by atoms with E-state index in [1.807, 2.05) is 13.9 Å². The minimum atomic E-state index is -3.58. The van der Waals surface area contributed by atoms with E-state index in [9.17, 15) is 13.2 Å². The number of anilines is 1. The third kappa shape index (κ3) is 5.03. The van der Waals surface area contributed by atoms with Crippen molar-refractivity contribution in [3.63, 3.8) is 0 Å². The molecule has 1 heterocycles. The molecule has 2 N–H and O–H groups in total. The first kappa shape index (κ1) is 18.8. The van der Waals surface area contributed by atoms with Crippen molar-refractivity contribution in [3.8, 4) is 0 Å². The smallest absolute Gasteiger partial charge is 0.255 e. The number of pyridine rings is 1. The number of amides is 1. The third-order valence-corrected chi connectivity index (χ3v) is 5.30. The van der Waals surface area contributed by atoms with Gasteiger partial charge in [0.2, 0.25) is 10.0 Å². The Bertz CT molecular complexity index is 1040. The Morgan fingerprint density at radius 1 is 1.04 bits per heavy atom. The number of nitrogens with zero attached hydrogens (tertiary/aromatic N) is 1. The van der Waals surface area contributed by atoms with Crippen LogP contribution in [0.2, 0.25) is 0 Å². The van der Waals surface area contributed by atoms with Gasteiger partial charge in [0, 0.05) is 18.3 Å². The Morgan fingerprint density at radius 3 is 2.48 bits per heavy atom. The molecule has 1 aromatic heterocycles. The standard InChI is InChI=1S/C19H18BN3O3S/c20-16-3-1-5-18(11-16)27(25,26)22-12-14-6-8-15(9-7-14)19(24)23-17-4-2-10-21-13-17/h1-11,13,22H,12,20H2,(H,23,24). The van der Waals surface area contributed by atoms with E-state index in [0.29, 0.717) is 11.3 Å². The van der Waals surface area contributed by atoms with Crippen molar-refractivity contribution in [3.05, 3.63) is 84.2 Å². The number of carbonyl (C=O) groups excluding carboxylic acids is 1. The van der Waals surface area contributed by atoms with E-state index in [1.165, 1.54) is 0 Å². The molecule has 0 saturated heterocycles. The van der Waals surface area contributed by atoms with Gasteiger partial charge in [0.15, 0.2) is 0 Å². The van der Waals surface area contributed by atoms with Crippen LogP contribution in [-0.2, 0) is 16.6 Å². The van der Waals surface area contributed by atoms with Crippen LogP contribution in [0.25, 0.3) is 0 Å². The largest absolute Gasteiger partial charge is 0.321 e. The zero-order chi connectivity index (χ0) is 19.3. The SMILES string of the molecule is Bc1cccc(S(=O)(=O)NCc2ccc(C(=O)Nc3cccnc3)cc2)c1. The van der Waals surface area contributed by atoms with E-state index in [4.69, 9.17) is 0 Å². The summed E-state index contributed by atoms with van der Waals surface area (Å²) >= 11 is 0. The highest BCUT2D eigenvalue weighted by Crippen LogP contribution is 2.11. The highest BCUT2D eigenvalue weighted by Gasteiger charge is 2.13. The zero-order valence-corrected chi connectivity index (χ0v) is 15.5. The Morgan fingerprint density at radius 2 is 1.81 bits per heavy atom. The third-order valence-electron chi connectivity index (χ3n) is 3.90.